The van der Waals surface area contributed by atoms with Crippen molar-refractivity contribution in [1.29, 1.82) is 0 Å². The predicted molar refractivity (Wildman–Crippen MR) is 168 cm³/mol. The van der Waals surface area contributed by atoms with Crippen LogP contribution < -0.4 is 0 Å². The van der Waals surface area contributed by atoms with Gasteiger partial charge in [-0.05, 0) is 38.5 Å². The molecule has 0 atom stereocenters. The number of carboxylic acid groups (broad SMARTS) is 3. The first kappa shape index (κ1) is 39.1. The largest absolute Gasteiger partial charge is 0.481 e. The second kappa shape index (κ2) is 28.2. The number of aliphatic carboxylic acids is 3. The summed E-state index contributed by atoms with van der Waals surface area (Å²) in [5.41, 5.74) is 0. The van der Waals surface area contributed by atoms with Gasteiger partial charge in [0.2, 0.25) is 0 Å². The fourth-order valence-corrected chi connectivity index (χ4v) is 5.77. The summed E-state index contributed by atoms with van der Waals surface area (Å²) in [5, 5.41) is 27.3. The number of quaternary nitrogens is 1. The Morgan fingerprint density at radius 1 is 0.439 bits per heavy atom. The number of unbranched alkanes of at least 4 members (excludes halogenated alkanes) is 16. The van der Waals surface area contributed by atoms with Crippen LogP contribution in [0.5, 0.6) is 0 Å². The molecule has 0 aromatic heterocycles. The van der Waals surface area contributed by atoms with Crippen molar-refractivity contribution in [2.45, 2.75) is 161 Å². The first-order valence-corrected chi connectivity index (χ1v) is 17.0. The molecule has 0 unspecified atom stereocenters. The monoisotopic (exact) mass is 582 g/mol. The second-order valence-electron chi connectivity index (χ2n) is 12.1. The Bertz CT molecular complexity index is 628. The Morgan fingerprint density at radius 2 is 0.732 bits per heavy atom. The van der Waals surface area contributed by atoms with Gasteiger partial charge in [0.05, 0.1) is 45.4 Å². The summed E-state index contributed by atoms with van der Waals surface area (Å²) in [6.45, 7) is 5.11. The first-order valence-electron chi connectivity index (χ1n) is 17.0. The maximum Gasteiger partial charge on any atom is 0.303 e. The molecule has 0 spiro atoms. The Kier molecular flexibility index (Phi) is 26.9. The quantitative estimate of drug-likeness (QED) is 0.0414. The SMILES string of the molecule is CCCCCCCCCCCCCC/C=C/CCCCCC[N+](CCCC(=O)O)(CCCC(=O)O)CCCC(=O)O. The molecule has 0 saturated heterocycles. The van der Waals surface area contributed by atoms with Crippen molar-refractivity contribution in [1.82, 2.24) is 0 Å². The highest BCUT2D eigenvalue weighted by atomic mass is 16.4. The molecular weight excluding hydrogens is 518 g/mol. The maximum absolute atomic E-state index is 11.1. The molecule has 0 aliphatic carbocycles. The fraction of sp³-hybridized carbons (Fsp3) is 0.853. The molecule has 0 heterocycles. The van der Waals surface area contributed by atoms with Crippen molar-refractivity contribution in [3.63, 3.8) is 0 Å². The zero-order chi connectivity index (χ0) is 30.4. The third-order valence-electron chi connectivity index (χ3n) is 8.21. The highest BCUT2D eigenvalue weighted by molar-refractivity contribution is 5.67. The molecule has 7 heteroatoms. The number of nitrogens with zero attached hydrogens (tertiary/aromatic N) is 1. The lowest BCUT2D eigenvalue weighted by atomic mass is 10.0. The molecule has 0 radical (unpaired) electrons. The van der Waals surface area contributed by atoms with Crippen LogP contribution in [-0.4, -0.2) is 63.9 Å². The number of carbonyl (C=O) groups is 3. The Labute approximate surface area is 251 Å². The number of carboxylic acids is 3. The van der Waals surface area contributed by atoms with Gasteiger partial charge in [0, 0.05) is 19.3 Å². The molecule has 41 heavy (non-hydrogen) atoms. The van der Waals surface area contributed by atoms with Gasteiger partial charge in [-0.1, -0.05) is 96.1 Å². The van der Waals surface area contributed by atoms with Crippen LogP contribution in [-0.2, 0) is 14.4 Å². The van der Waals surface area contributed by atoms with Crippen LogP contribution in [0.2, 0.25) is 0 Å². The lowest BCUT2D eigenvalue weighted by molar-refractivity contribution is -0.929. The average molecular weight is 583 g/mol. The first-order chi connectivity index (χ1) is 19.8. The zero-order valence-electron chi connectivity index (χ0n) is 26.5. The van der Waals surface area contributed by atoms with E-state index in [9.17, 15) is 14.4 Å². The normalized spacial score (nSPS) is 11.8. The summed E-state index contributed by atoms with van der Waals surface area (Å²) in [6.07, 6.45) is 29.8. The van der Waals surface area contributed by atoms with Gasteiger partial charge in [0.25, 0.3) is 0 Å². The fourth-order valence-electron chi connectivity index (χ4n) is 5.77. The molecule has 0 fully saturated rings. The summed E-state index contributed by atoms with van der Waals surface area (Å²) >= 11 is 0. The lowest BCUT2D eigenvalue weighted by Crippen LogP contribution is -2.51. The van der Waals surface area contributed by atoms with Crippen molar-refractivity contribution in [3.05, 3.63) is 12.2 Å². The summed E-state index contributed by atoms with van der Waals surface area (Å²) in [7, 11) is 0. The standard InChI is InChI=1S/C34H63NO6/c1-2-3-4-5-6-7-8-9-10-11-12-13-14-15-16-17-18-19-20-21-28-35(29-22-25-32(36)37,30-23-26-33(38)39)31-24-27-34(40)41/h15-16H,2-14,17-31H2,1H3,(H2-,36,37,38,39,40,41)/p+1/b16-15+. The van der Waals surface area contributed by atoms with Crippen LogP contribution in [0.1, 0.15) is 161 Å². The molecule has 0 saturated carbocycles. The van der Waals surface area contributed by atoms with Crippen LogP contribution in [0, 0.1) is 0 Å². The molecule has 7 nitrogen and oxygen atoms in total. The number of rotatable bonds is 32. The van der Waals surface area contributed by atoms with Crippen LogP contribution in [0.15, 0.2) is 12.2 Å². The second-order valence-corrected chi connectivity index (χ2v) is 12.1. The van der Waals surface area contributed by atoms with E-state index in [1.807, 2.05) is 0 Å². The van der Waals surface area contributed by atoms with Gasteiger partial charge in [0.15, 0.2) is 0 Å². The van der Waals surface area contributed by atoms with Crippen LogP contribution >= 0.6 is 0 Å². The van der Waals surface area contributed by atoms with E-state index in [4.69, 9.17) is 15.3 Å². The molecule has 0 bridgehead atoms. The minimum Gasteiger partial charge on any atom is -0.481 e. The molecule has 0 aromatic carbocycles. The van der Waals surface area contributed by atoms with Gasteiger partial charge < -0.3 is 19.8 Å². The minimum atomic E-state index is -0.828. The molecule has 3 N–H and O–H groups in total. The molecule has 0 rings (SSSR count). The van der Waals surface area contributed by atoms with E-state index >= 15 is 0 Å². The highest BCUT2D eigenvalue weighted by Crippen LogP contribution is 2.18. The van der Waals surface area contributed by atoms with E-state index in [1.165, 1.54) is 83.5 Å². The van der Waals surface area contributed by atoms with E-state index in [1.54, 1.807) is 0 Å². The van der Waals surface area contributed by atoms with Gasteiger partial charge in [0.1, 0.15) is 0 Å². The zero-order valence-corrected chi connectivity index (χ0v) is 26.5. The van der Waals surface area contributed by atoms with E-state index in [2.05, 4.69) is 19.1 Å². The highest BCUT2D eigenvalue weighted by Gasteiger charge is 2.27. The van der Waals surface area contributed by atoms with Crippen molar-refractivity contribution in [2.75, 3.05) is 26.2 Å². The van der Waals surface area contributed by atoms with Crippen molar-refractivity contribution in [3.8, 4) is 0 Å². The van der Waals surface area contributed by atoms with E-state index in [0.29, 0.717) is 43.4 Å². The molecule has 0 aliphatic rings. The van der Waals surface area contributed by atoms with Crippen LogP contribution in [0.25, 0.3) is 0 Å². The Balaban J connectivity index is 4.13. The van der Waals surface area contributed by atoms with E-state index in [0.717, 1.165) is 38.6 Å². The number of hydrogen-bond donors (Lipinski definition) is 3. The van der Waals surface area contributed by atoms with Gasteiger partial charge in [-0.3, -0.25) is 14.4 Å². The maximum atomic E-state index is 11.1. The van der Waals surface area contributed by atoms with Gasteiger partial charge in [-0.2, -0.15) is 0 Å². The summed E-state index contributed by atoms with van der Waals surface area (Å²) in [6, 6.07) is 0. The van der Waals surface area contributed by atoms with Crippen molar-refractivity contribution < 1.29 is 34.2 Å². The molecule has 240 valence electrons. The molecule has 0 aliphatic heterocycles. The summed E-state index contributed by atoms with van der Waals surface area (Å²) < 4.78 is 0.632. The Hall–Kier alpha value is -1.89. The smallest absolute Gasteiger partial charge is 0.303 e. The number of hydrogen-bond acceptors (Lipinski definition) is 3. The van der Waals surface area contributed by atoms with Crippen molar-refractivity contribution in [2.24, 2.45) is 0 Å². The van der Waals surface area contributed by atoms with Gasteiger partial charge in [-0.25, -0.2) is 0 Å². The third-order valence-corrected chi connectivity index (χ3v) is 8.21. The topological polar surface area (TPSA) is 112 Å². The van der Waals surface area contributed by atoms with Gasteiger partial charge >= 0.3 is 17.9 Å². The lowest BCUT2D eigenvalue weighted by Gasteiger charge is -2.39. The third kappa shape index (κ3) is 28.0. The average Bonchev–Trinajstić information content (AvgIpc) is 2.91. The molecule has 0 amide bonds. The van der Waals surface area contributed by atoms with Gasteiger partial charge in [-0.15, -0.1) is 0 Å². The minimum absolute atomic E-state index is 0.0868. The van der Waals surface area contributed by atoms with Crippen LogP contribution in [0.3, 0.4) is 0 Å². The van der Waals surface area contributed by atoms with E-state index in [-0.39, 0.29) is 19.3 Å². The summed E-state index contributed by atoms with van der Waals surface area (Å²) in [5.74, 6) is -2.48. The van der Waals surface area contributed by atoms with E-state index < -0.39 is 17.9 Å². The van der Waals surface area contributed by atoms with Crippen LogP contribution in [0.4, 0.5) is 0 Å². The molecular formula is C34H64NO6+. The molecule has 0 aromatic rings. The Morgan fingerprint density at radius 3 is 1.07 bits per heavy atom. The number of allylic oxidation sites excluding steroid dienone is 2. The predicted octanol–water partition coefficient (Wildman–Crippen LogP) is 9.00. The van der Waals surface area contributed by atoms with Crippen molar-refractivity contribution >= 4 is 17.9 Å². The summed E-state index contributed by atoms with van der Waals surface area (Å²) in [4.78, 5) is 33.2.